The molecule has 6 rings (SSSR count). The van der Waals surface area contributed by atoms with Crippen molar-refractivity contribution in [1.82, 2.24) is 0 Å². The van der Waals surface area contributed by atoms with Gasteiger partial charge in [0.05, 0.1) is 24.4 Å². The minimum absolute atomic E-state index is 0.0000260. The van der Waals surface area contributed by atoms with Crippen LogP contribution in [0.1, 0.15) is 66.2 Å². The summed E-state index contributed by atoms with van der Waals surface area (Å²) in [6, 6.07) is 0. The van der Waals surface area contributed by atoms with Crippen molar-refractivity contribution in [3.8, 4) is 0 Å². The van der Waals surface area contributed by atoms with Crippen LogP contribution in [-0.4, -0.2) is 66.7 Å². The van der Waals surface area contributed by atoms with E-state index >= 15 is 0 Å². The van der Waals surface area contributed by atoms with Crippen molar-refractivity contribution < 1.29 is 33.6 Å². The highest BCUT2D eigenvalue weighted by Gasteiger charge is 2.72. The van der Waals surface area contributed by atoms with Gasteiger partial charge in [-0.05, 0) is 50.9 Å². The first-order valence-electron chi connectivity index (χ1n) is 13.5. The Morgan fingerprint density at radius 2 is 1.86 bits per heavy atom. The number of rotatable bonds is 3. The Kier molecular flexibility index (Phi) is 5.67. The van der Waals surface area contributed by atoms with E-state index in [2.05, 4.69) is 19.9 Å². The summed E-state index contributed by atoms with van der Waals surface area (Å²) >= 11 is 0. The number of Topliss-reactive ketones (excluding diaryl/α,β-unsaturated/α-hetero) is 2. The molecular weight excluding hydrogens is 448 g/mol. The quantitative estimate of drug-likeness (QED) is 0.610. The lowest BCUT2D eigenvalue weighted by Crippen LogP contribution is -2.61. The van der Waals surface area contributed by atoms with E-state index < -0.39 is 18.5 Å². The lowest BCUT2D eigenvalue weighted by molar-refractivity contribution is -0.265. The van der Waals surface area contributed by atoms with Gasteiger partial charge in [-0.2, -0.15) is 0 Å². The van der Waals surface area contributed by atoms with Crippen LogP contribution >= 0.6 is 0 Å². The number of methoxy groups -OCH3 is 1. The zero-order valence-corrected chi connectivity index (χ0v) is 21.6. The molecule has 0 radical (unpaired) electrons. The molecule has 0 aromatic carbocycles. The van der Waals surface area contributed by atoms with Gasteiger partial charge >= 0.3 is 0 Å². The Balaban J connectivity index is 1.23. The zero-order valence-electron chi connectivity index (χ0n) is 21.6. The fraction of sp³-hybridized carbons (Fsp3) is 0.857. The van der Waals surface area contributed by atoms with Crippen molar-refractivity contribution in [1.29, 1.82) is 0 Å². The van der Waals surface area contributed by atoms with E-state index in [0.29, 0.717) is 18.6 Å². The van der Waals surface area contributed by atoms with E-state index in [1.165, 1.54) is 5.57 Å². The number of fused-ring (bicyclic) bond motifs is 4. The predicted molar refractivity (Wildman–Crippen MR) is 126 cm³/mol. The maximum atomic E-state index is 14.1. The molecule has 5 fully saturated rings. The molecule has 6 aliphatic rings. The van der Waals surface area contributed by atoms with Crippen molar-refractivity contribution in [2.24, 2.45) is 34.5 Å². The minimum atomic E-state index is -0.658. The van der Waals surface area contributed by atoms with Gasteiger partial charge in [-0.25, -0.2) is 0 Å². The third kappa shape index (κ3) is 3.27. The summed E-state index contributed by atoms with van der Waals surface area (Å²) < 4.78 is 24.1. The number of carbonyl (C=O) groups excluding carboxylic acids is 2. The number of hydrogen-bond acceptors (Lipinski definition) is 7. The van der Waals surface area contributed by atoms with E-state index in [4.69, 9.17) is 18.9 Å². The molecule has 2 aliphatic heterocycles. The van der Waals surface area contributed by atoms with Crippen LogP contribution in [0.25, 0.3) is 0 Å². The van der Waals surface area contributed by atoms with E-state index in [1.807, 2.05) is 13.8 Å². The molecule has 2 saturated heterocycles. The smallest absolute Gasteiger partial charge is 0.166 e. The molecule has 0 aromatic rings. The van der Waals surface area contributed by atoms with Crippen molar-refractivity contribution in [3.05, 3.63) is 11.6 Å². The van der Waals surface area contributed by atoms with Crippen LogP contribution in [0.2, 0.25) is 0 Å². The maximum absolute atomic E-state index is 14.1. The van der Waals surface area contributed by atoms with Crippen molar-refractivity contribution in [2.45, 2.75) is 109 Å². The topological polar surface area (TPSA) is 91.3 Å². The largest absolute Gasteiger partial charge is 0.388 e. The van der Waals surface area contributed by atoms with E-state index in [9.17, 15) is 14.7 Å². The maximum Gasteiger partial charge on any atom is 0.166 e. The second kappa shape index (κ2) is 8.19. The SMILES string of the molecule is CO[C@@H]1C[C@@H](O[C@H]2CC[C@@]3(C)C(=CC[C@H]4[C@H]5C(=O)C[C@H]6[C@H](C)O[C@@H](C(=O)[C@@H]43)[C@@]56C)C2)O[C@H](C)[C@@H]1O. The molecule has 7 heteroatoms. The van der Waals surface area contributed by atoms with Gasteiger partial charge in [0.15, 0.2) is 12.1 Å². The van der Waals surface area contributed by atoms with Gasteiger partial charge < -0.3 is 24.1 Å². The number of allylic oxidation sites excluding steroid dienone is 1. The lowest BCUT2D eigenvalue weighted by atomic mass is 9.46. The molecule has 13 atom stereocenters. The highest BCUT2D eigenvalue weighted by atomic mass is 16.7. The Morgan fingerprint density at radius 1 is 1.09 bits per heavy atom. The summed E-state index contributed by atoms with van der Waals surface area (Å²) in [5, 5.41) is 10.3. The van der Waals surface area contributed by atoms with Gasteiger partial charge in [-0.3, -0.25) is 9.59 Å². The predicted octanol–water partition coefficient (Wildman–Crippen LogP) is 3.22. The summed E-state index contributed by atoms with van der Waals surface area (Å²) in [7, 11) is 1.61. The van der Waals surface area contributed by atoms with Gasteiger partial charge in [0.2, 0.25) is 0 Å². The molecule has 0 aromatic heterocycles. The number of aliphatic hydroxyl groups is 1. The van der Waals surface area contributed by atoms with Crippen molar-refractivity contribution in [2.75, 3.05) is 7.11 Å². The fourth-order valence-electron chi connectivity index (χ4n) is 9.14. The Morgan fingerprint density at radius 3 is 2.60 bits per heavy atom. The lowest BCUT2D eigenvalue weighted by Gasteiger charge is -2.57. The molecule has 4 aliphatic carbocycles. The first kappa shape index (κ1) is 24.2. The molecule has 1 N–H and O–H groups in total. The van der Waals surface area contributed by atoms with Crippen molar-refractivity contribution >= 4 is 11.6 Å². The van der Waals surface area contributed by atoms with Gasteiger partial charge in [-0.15, -0.1) is 0 Å². The summed E-state index contributed by atoms with van der Waals surface area (Å²) in [4.78, 5) is 27.4. The fourth-order valence-corrected chi connectivity index (χ4v) is 9.14. The van der Waals surface area contributed by atoms with Crippen LogP contribution in [0.4, 0.5) is 0 Å². The molecule has 194 valence electrons. The molecular formula is C28H40O7. The Labute approximate surface area is 207 Å². The zero-order chi connectivity index (χ0) is 24.9. The third-order valence-electron chi connectivity index (χ3n) is 10.9. The van der Waals surface area contributed by atoms with E-state index in [0.717, 1.165) is 25.7 Å². The average Bonchev–Trinajstić information content (AvgIpc) is 3.23. The van der Waals surface area contributed by atoms with Gasteiger partial charge in [0.25, 0.3) is 0 Å². The van der Waals surface area contributed by atoms with Crippen LogP contribution < -0.4 is 0 Å². The van der Waals surface area contributed by atoms with Gasteiger partial charge in [-0.1, -0.05) is 25.5 Å². The number of hydrogen-bond donors (Lipinski definition) is 1. The van der Waals surface area contributed by atoms with E-state index in [1.54, 1.807) is 7.11 Å². The Hall–Kier alpha value is -1.12. The molecule has 3 saturated carbocycles. The summed E-state index contributed by atoms with van der Waals surface area (Å²) in [5.74, 6) is 0.557. The van der Waals surface area contributed by atoms with E-state index in [-0.39, 0.29) is 64.7 Å². The van der Waals surface area contributed by atoms with Crippen molar-refractivity contribution in [3.63, 3.8) is 0 Å². The van der Waals surface area contributed by atoms with Gasteiger partial charge in [0.1, 0.15) is 18.0 Å². The number of ketones is 2. The molecule has 35 heavy (non-hydrogen) atoms. The molecule has 0 spiro atoms. The standard InChI is InChI=1S/C28H40O7/c1-13-18-11-19(29)22-17-7-6-15-10-16(35-21-12-20(32-5)24(30)14(2)33-21)8-9-27(15,3)23(17)25(31)26(34-13)28(18,22)4/h6,13-14,16-18,20-24,26,30H,7-12H2,1-5H3/t13-,14+,16-,17-,18-,20+,21+,22-,23+,24-,26-,27-,28+/m0/s1. The van der Waals surface area contributed by atoms with Crippen LogP contribution in [0.15, 0.2) is 11.6 Å². The minimum Gasteiger partial charge on any atom is -0.388 e. The molecule has 0 amide bonds. The first-order valence-corrected chi connectivity index (χ1v) is 13.5. The first-order chi connectivity index (χ1) is 16.6. The summed E-state index contributed by atoms with van der Waals surface area (Å²) in [6.45, 7) is 8.27. The summed E-state index contributed by atoms with van der Waals surface area (Å²) in [6.07, 6.45) is 4.37. The average molecular weight is 489 g/mol. The normalized spacial score (nSPS) is 55.3. The second-order valence-corrected chi connectivity index (χ2v) is 12.5. The number of carbonyl (C=O) groups is 2. The Bertz CT molecular complexity index is 946. The third-order valence-corrected chi connectivity index (χ3v) is 10.9. The number of aliphatic hydroxyl groups excluding tert-OH is 1. The molecule has 2 heterocycles. The molecule has 0 unspecified atom stereocenters. The van der Waals surface area contributed by atoms with Crippen LogP contribution in [0.3, 0.4) is 0 Å². The van der Waals surface area contributed by atoms with Crippen LogP contribution in [0.5, 0.6) is 0 Å². The van der Waals surface area contributed by atoms with Crippen LogP contribution in [-0.2, 0) is 28.5 Å². The molecule has 0 bridgehead atoms. The molecule has 7 nitrogen and oxygen atoms in total. The van der Waals surface area contributed by atoms with Crippen LogP contribution in [0, 0.1) is 34.5 Å². The van der Waals surface area contributed by atoms with Gasteiger partial charge in [0, 0.05) is 43.1 Å². The monoisotopic (exact) mass is 488 g/mol. The summed E-state index contributed by atoms with van der Waals surface area (Å²) in [5.41, 5.74) is 0.668. The second-order valence-electron chi connectivity index (χ2n) is 12.5. The highest BCUT2D eigenvalue weighted by molar-refractivity contribution is 5.96. The highest BCUT2D eigenvalue weighted by Crippen LogP contribution is 2.67. The number of ether oxygens (including phenoxy) is 4.